The minimum absolute atomic E-state index is 0.298. The Balaban J connectivity index is 1.99. The molecule has 4 heteroatoms. The van der Waals surface area contributed by atoms with Gasteiger partial charge in [0, 0.05) is 11.1 Å². The van der Waals surface area contributed by atoms with Crippen molar-refractivity contribution in [2.75, 3.05) is 0 Å². The van der Waals surface area contributed by atoms with E-state index < -0.39 is 0 Å². The molecule has 0 atom stereocenters. The summed E-state index contributed by atoms with van der Waals surface area (Å²) in [6.07, 6.45) is 0. The first-order valence-electron chi connectivity index (χ1n) is 6.32. The quantitative estimate of drug-likeness (QED) is 0.582. The summed E-state index contributed by atoms with van der Waals surface area (Å²) in [5.41, 5.74) is 2.96. The summed E-state index contributed by atoms with van der Waals surface area (Å²) in [5.74, 6) is -0.599. The van der Waals surface area contributed by atoms with Crippen LogP contribution >= 0.6 is 11.6 Å². The number of benzene rings is 2. The summed E-state index contributed by atoms with van der Waals surface area (Å²) in [7, 11) is 0. The first kappa shape index (κ1) is 13.7. The predicted molar refractivity (Wildman–Crippen MR) is 80.0 cm³/mol. The molecule has 0 unspecified atom stereocenters. The first-order valence-corrected chi connectivity index (χ1v) is 6.70. The van der Waals surface area contributed by atoms with Crippen molar-refractivity contribution in [2.24, 2.45) is 0 Å². The first-order chi connectivity index (χ1) is 10.1. The fourth-order valence-corrected chi connectivity index (χ4v) is 2.32. The SMILES string of the molecule is Fc1ccc(-c2ccc(-c3ccc(F)cc3)c(Cl)n2)cc1. The average molecular weight is 302 g/mol. The van der Waals surface area contributed by atoms with Crippen molar-refractivity contribution >= 4 is 11.6 Å². The monoisotopic (exact) mass is 301 g/mol. The average Bonchev–Trinajstić information content (AvgIpc) is 2.49. The van der Waals surface area contributed by atoms with Crippen LogP contribution < -0.4 is 0 Å². The zero-order chi connectivity index (χ0) is 14.8. The summed E-state index contributed by atoms with van der Waals surface area (Å²) in [6.45, 7) is 0. The van der Waals surface area contributed by atoms with Crippen molar-refractivity contribution in [2.45, 2.75) is 0 Å². The summed E-state index contributed by atoms with van der Waals surface area (Å²) in [5, 5.41) is 0.323. The van der Waals surface area contributed by atoms with Crippen molar-refractivity contribution in [3.8, 4) is 22.4 Å². The third-order valence-electron chi connectivity index (χ3n) is 3.14. The minimum Gasteiger partial charge on any atom is -0.235 e. The highest BCUT2D eigenvalue weighted by Crippen LogP contribution is 2.29. The summed E-state index contributed by atoms with van der Waals surface area (Å²) in [4.78, 5) is 4.32. The zero-order valence-electron chi connectivity index (χ0n) is 10.9. The molecule has 3 rings (SSSR count). The van der Waals surface area contributed by atoms with E-state index in [2.05, 4.69) is 4.98 Å². The van der Waals surface area contributed by atoms with Gasteiger partial charge in [0.1, 0.15) is 16.8 Å². The normalized spacial score (nSPS) is 10.6. The van der Waals surface area contributed by atoms with E-state index in [1.807, 2.05) is 6.07 Å². The van der Waals surface area contributed by atoms with E-state index in [9.17, 15) is 8.78 Å². The van der Waals surface area contributed by atoms with Gasteiger partial charge in [-0.05, 0) is 54.1 Å². The smallest absolute Gasteiger partial charge is 0.137 e. The molecule has 1 heterocycles. The topological polar surface area (TPSA) is 12.9 Å². The Morgan fingerprint density at radius 3 is 1.71 bits per heavy atom. The number of hydrogen-bond acceptors (Lipinski definition) is 1. The maximum Gasteiger partial charge on any atom is 0.137 e. The minimum atomic E-state index is -0.300. The van der Waals surface area contributed by atoms with Crippen LogP contribution in [0.4, 0.5) is 8.78 Å². The molecule has 2 aromatic carbocycles. The maximum atomic E-state index is 12.9. The van der Waals surface area contributed by atoms with E-state index in [-0.39, 0.29) is 11.6 Å². The van der Waals surface area contributed by atoms with E-state index >= 15 is 0 Å². The molecule has 0 fully saturated rings. The molecule has 3 aromatic rings. The van der Waals surface area contributed by atoms with Crippen LogP contribution in [-0.4, -0.2) is 4.98 Å². The lowest BCUT2D eigenvalue weighted by Gasteiger charge is -2.07. The highest BCUT2D eigenvalue weighted by atomic mass is 35.5. The molecule has 0 spiro atoms. The van der Waals surface area contributed by atoms with E-state index in [0.29, 0.717) is 10.8 Å². The second kappa shape index (κ2) is 5.62. The van der Waals surface area contributed by atoms with Crippen LogP contribution in [0.5, 0.6) is 0 Å². The van der Waals surface area contributed by atoms with Crippen LogP contribution in [0.2, 0.25) is 5.15 Å². The lowest BCUT2D eigenvalue weighted by Crippen LogP contribution is -1.88. The van der Waals surface area contributed by atoms with Gasteiger partial charge >= 0.3 is 0 Å². The van der Waals surface area contributed by atoms with Crippen molar-refractivity contribution in [1.82, 2.24) is 4.98 Å². The Labute approximate surface area is 125 Å². The van der Waals surface area contributed by atoms with Crippen LogP contribution in [0.15, 0.2) is 60.7 Å². The standard InChI is InChI=1S/C17H10ClF2N/c18-17-15(11-1-5-13(19)6-2-11)9-10-16(21-17)12-3-7-14(20)8-4-12/h1-10H. The highest BCUT2D eigenvalue weighted by molar-refractivity contribution is 6.32. The number of halogens is 3. The molecule has 0 saturated heterocycles. The lowest BCUT2D eigenvalue weighted by molar-refractivity contribution is 0.627. The van der Waals surface area contributed by atoms with Gasteiger partial charge in [0.2, 0.25) is 0 Å². The van der Waals surface area contributed by atoms with Gasteiger partial charge in [-0.15, -0.1) is 0 Å². The summed E-state index contributed by atoms with van der Waals surface area (Å²) >= 11 is 6.21. The second-order valence-electron chi connectivity index (χ2n) is 4.55. The van der Waals surface area contributed by atoms with E-state index in [0.717, 1.165) is 16.7 Å². The Hall–Kier alpha value is -2.26. The number of aromatic nitrogens is 1. The molecular weight excluding hydrogens is 292 g/mol. The molecule has 0 radical (unpaired) electrons. The number of rotatable bonds is 2. The van der Waals surface area contributed by atoms with Crippen molar-refractivity contribution in [3.05, 3.63) is 77.5 Å². The Bertz CT molecular complexity index is 768. The highest BCUT2D eigenvalue weighted by Gasteiger charge is 2.08. The molecular formula is C17H10ClF2N. The Morgan fingerprint density at radius 1 is 0.667 bits per heavy atom. The van der Waals surface area contributed by atoms with E-state index in [1.165, 1.54) is 24.3 Å². The van der Waals surface area contributed by atoms with Gasteiger partial charge in [-0.1, -0.05) is 23.7 Å². The molecule has 104 valence electrons. The number of hydrogen-bond donors (Lipinski definition) is 0. The summed E-state index contributed by atoms with van der Waals surface area (Å²) < 4.78 is 25.9. The van der Waals surface area contributed by atoms with Gasteiger partial charge < -0.3 is 0 Å². The largest absolute Gasteiger partial charge is 0.235 e. The van der Waals surface area contributed by atoms with Crippen LogP contribution in [0.3, 0.4) is 0 Å². The molecule has 1 aromatic heterocycles. The molecule has 0 aliphatic heterocycles. The molecule has 0 amide bonds. The van der Waals surface area contributed by atoms with Crippen LogP contribution in [0.25, 0.3) is 22.4 Å². The number of pyridine rings is 1. The van der Waals surface area contributed by atoms with Gasteiger partial charge in [0.25, 0.3) is 0 Å². The van der Waals surface area contributed by atoms with Crippen LogP contribution in [-0.2, 0) is 0 Å². The van der Waals surface area contributed by atoms with Crippen molar-refractivity contribution in [3.63, 3.8) is 0 Å². The third-order valence-corrected chi connectivity index (χ3v) is 3.43. The Morgan fingerprint density at radius 2 is 1.19 bits per heavy atom. The molecule has 0 saturated carbocycles. The maximum absolute atomic E-state index is 12.9. The van der Waals surface area contributed by atoms with Crippen molar-refractivity contribution in [1.29, 1.82) is 0 Å². The fourth-order valence-electron chi connectivity index (χ4n) is 2.06. The van der Waals surface area contributed by atoms with Gasteiger partial charge in [-0.2, -0.15) is 0 Å². The fraction of sp³-hybridized carbons (Fsp3) is 0. The summed E-state index contributed by atoms with van der Waals surface area (Å²) in [6, 6.07) is 15.7. The molecule has 0 N–H and O–H groups in total. The predicted octanol–water partition coefficient (Wildman–Crippen LogP) is 5.35. The zero-order valence-corrected chi connectivity index (χ0v) is 11.6. The lowest BCUT2D eigenvalue weighted by atomic mass is 10.1. The molecule has 0 bridgehead atoms. The van der Waals surface area contributed by atoms with Crippen LogP contribution in [0, 0.1) is 11.6 Å². The molecule has 0 aliphatic carbocycles. The van der Waals surface area contributed by atoms with Gasteiger partial charge in [0.15, 0.2) is 0 Å². The third kappa shape index (κ3) is 2.93. The van der Waals surface area contributed by atoms with E-state index in [4.69, 9.17) is 11.6 Å². The van der Waals surface area contributed by atoms with Crippen LogP contribution in [0.1, 0.15) is 0 Å². The molecule has 21 heavy (non-hydrogen) atoms. The second-order valence-corrected chi connectivity index (χ2v) is 4.91. The molecule has 1 nitrogen and oxygen atoms in total. The Kier molecular flexibility index (Phi) is 3.67. The number of nitrogens with zero attached hydrogens (tertiary/aromatic N) is 1. The van der Waals surface area contributed by atoms with E-state index in [1.54, 1.807) is 30.3 Å². The van der Waals surface area contributed by atoms with Gasteiger partial charge in [0.05, 0.1) is 5.69 Å². The van der Waals surface area contributed by atoms with Gasteiger partial charge in [-0.25, -0.2) is 13.8 Å². The van der Waals surface area contributed by atoms with Gasteiger partial charge in [-0.3, -0.25) is 0 Å². The molecule has 0 aliphatic rings. The van der Waals surface area contributed by atoms with Crippen molar-refractivity contribution < 1.29 is 8.78 Å².